The standard InChI is InChI=1S/C16H20N2O/c17-16(14-5-6-14)15-7-8-18(10-15)9-12-1-3-13(11-19)4-2-12/h1-4,7-8,10,14,16,19H,5-6,9,11,17H2. The lowest BCUT2D eigenvalue weighted by Crippen LogP contribution is -2.11. The smallest absolute Gasteiger partial charge is 0.0681 e. The van der Waals surface area contributed by atoms with E-state index in [0.29, 0.717) is 5.92 Å². The van der Waals surface area contributed by atoms with Gasteiger partial charge in [-0.3, -0.25) is 0 Å². The van der Waals surface area contributed by atoms with Crippen molar-refractivity contribution in [2.75, 3.05) is 0 Å². The highest BCUT2D eigenvalue weighted by atomic mass is 16.3. The molecule has 1 atom stereocenters. The maximum Gasteiger partial charge on any atom is 0.0681 e. The van der Waals surface area contributed by atoms with Crippen LogP contribution in [-0.4, -0.2) is 9.67 Å². The fraction of sp³-hybridized carbons (Fsp3) is 0.375. The van der Waals surface area contributed by atoms with E-state index >= 15 is 0 Å². The summed E-state index contributed by atoms with van der Waals surface area (Å²) in [6.07, 6.45) is 6.80. The SMILES string of the molecule is NC(c1ccn(Cc2ccc(CO)cc2)c1)C1CC1. The van der Waals surface area contributed by atoms with Crippen molar-refractivity contribution < 1.29 is 5.11 Å². The average molecular weight is 256 g/mol. The molecule has 1 fully saturated rings. The van der Waals surface area contributed by atoms with Gasteiger partial charge in [-0.2, -0.15) is 0 Å². The van der Waals surface area contributed by atoms with Crippen LogP contribution in [0.4, 0.5) is 0 Å². The first kappa shape index (κ1) is 12.5. The van der Waals surface area contributed by atoms with Crippen molar-refractivity contribution in [2.45, 2.75) is 32.0 Å². The van der Waals surface area contributed by atoms with Gasteiger partial charge in [0.15, 0.2) is 0 Å². The second kappa shape index (κ2) is 5.19. The van der Waals surface area contributed by atoms with E-state index in [-0.39, 0.29) is 12.6 Å². The van der Waals surface area contributed by atoms with Gasteiger partial charge in [0.1, 0.15) is 0 Å². The van der Waals surface area contributed by atoms with Gasteiger partial charge in [0, 0.05) is 25.0 Å². The molecule has 3 rings (SSSR count). The first-order valence-corrected chi connectivity index (χ1v) is 6.86. The molecule has 0 bridgehead atoms. The molecule has 1 aliphatic carbocycles. The summed E-state index contributed by atoms with van der Waals surface area (Å²) in [5.41, 5.74) is 9.64. The lowest BCUT2D eigenvalue weighted by atomic mass is 10.1. The van der Waals surface area contributed by atoms with Gasteiger partial charge in [0.2, 0.25) is 0 Å². The molecular weight excluding hydrogens is 236 g/mol. The number of hydrogen-bond donors (Lipinski definition) is 2. The molecule has 100 valence electrons. The van der Waals surface area contributed by atoms with Crippen LogP contribution < -0.4 is 5.73 Å². The van der Waals surface area contributed by atoms with Gasteiger partial charge in [-0.1, -0.05) is 24.3 Å². The van der Waals surface area contributed by atoms with Crippen molar-refractivity contribution in [3.63, 3.8) is 0 Å². The Labute approximate surface area is 113 Å². The molecule has 2 aromatic rings. The Kier molecular flexibility index (Phi) is 3.40. The average Bonchev–Trinajstić information content (AvgIpc) is 3.19. The molecule has 1 aliphatic rings. The number of benzene rings is 1. The van der Waals surface area contributed by atoms with Gasteiger partial charge >= 0.3 is 0 Å². The summed E-state index contributed by atoms with van der Waals surface area (Å²) >= 11 is 0. The summed E-state index contributed by atoms with van der Waals surface area (Å²) in [5, 5.41) is 9.02. The molecule has 1 unspecified atom stereocenters. The lowest BCUT2D eigenvalue weighted by Gasteiger charge is -2.08. The maximum absolute atomic E-state index is 9.02. The van der Waals surface area contributed by atoms with Crippen LogP contribution in [0, 0.1) is 5.92 Å². The largest absolute Gasteiger partial charge is 0.392 e. The minimum absolute atomic E-state index is 0.101. The van der Waals surface area contributed by atoms with Crippen molar-refractivity contribution in [3.8, 4) is 0 Å². The summed E-state index contributed by atoms with van der Waals surface area (Å²) in [7, 11) is 0. The van der Waals surface area contributed by atoms with Gasteiger partial charge < -0.3 is 15.4 Å². The third kappa shape index (κ3) is 2.88. The molecular formula is C16H20N2O. The van der Waals surface area contributed by atoms with Crippen LogP contribution in [-0.2, 0) is 13.2 Å². The highest BCUT2D eigenvalue weighted by Crippen LogP contribution is 2.39. The quantitative estimate of drug-likeness (QED) is 0.863. The molecule has 0 aliphatic heterocycles. The van der Waals surface area contributed by atoms with E-state index in [4.69, 9.17) is 10.8 Å². The van der Waals surface area contributed by atoms with E-state index in [1.54, 1.807) is 0 Å². The molecule has 3 N–H and O–H groups in total. The Bertz CT molecular complexity index is 540. The zero-order valence-corrected chi connectivity index (χ0v) is 11.0. The van der Waals surface area contributed by atoms with Crippen LogP contribution in [0.15, 0.2) is 42.7 Å². The van der Waals surface area contributed by atoms with Crippen LogP contribution in [0.3, 0.4) is 0 Å². The molecule has 0 spiro atoms. The third-order valence-electron chi connectivity index (χ3n) is 3.86. The zero-order chi connectivity index (χ0) is 13.2. The lowest BCUT2D eigenvalue weighted by molar-refractivity contribution is 0.282. The second-order valence-electron chi connectivity index (χ2n) is 5.45. The predicted molar refractivity (Wildman–Crippen MR) is 75.6 cm³/mol. The number of aliphatic hydroxyl groups excluding tert-OH is 1. The molecule has 1 aromatic heterocycles. The first-order valence-electron chi connectivity index (χ1n) is 6.86. The number of aliphatic hydroxyl groups is 1. The van der Waals surface area contributed by atoms with Crippen molar-refractivity contribution in [1.82, 2.24) is 4.57 Å². The fourth-order valence-corrected chi connectivity index (χ4v) is 2.44. The van der Waals surface area contributed by atoms with E-state index in [1.165, 1.54) is 24.0 Å². The molecule has 19 heavy (non-hydrogen) atoms. The van der Waals surface area contributed by atoms with Gasteiger partial charge in [-0.25, -0.2) is 0 Å². The van der Waals surface area contributed by atoms with Crippen LogP contribution in [0.5, 0.6) is 0 Å². The number of nitrogens with two attached hydrogens (primary N) is 1. The van der Waals surface area contributed by atoms with Crippen LogP contribution >= 0.6 is 0 Å². The van der Waals surface area contributed by atoms with Crippen LogP contribution in [0.25, 0.3) is 0 Å². The van der Waals surface area contributed by atoms with E-state index in [1.807, 2.05) is 12.1 Å². The molecule has 0 amide bonds. The Morgan fingerprint density at radius 1 is 1.16 bits per heavy atom. The zero-order valence-electron chi connectivity index (χ0n) is 11.0. The van der Waals surface area contributed by atoms with Gasteiger partial charge in [0.25, 0.3) is 0 Å². The summed E-state index contributed by atoms with van der Waals surface area (Å²) in [5.74, 6) is 0.694. The van der Waals surface area contributed by atoms with Crippen LogP contribution in [0.1, 0.15) is 35.6 Å². The number of nitrogens with zero attached hydrogens (tertiary/aromatic N) is 1. The Morgan fingerprint density at radius 3 is 2.47 bits per heavy atom. The topological polar surface area (TPSA) is 51.2 Å². The predicted octanol–water partition coefficient (Wildman–Crippen LogP) is 2.44. The minimum Gasteiger partial charge on any atom is -0.392 e. The van der Waals surface area contributed by atoms with Crippen molar-refractivity contribution >= 4 is 0 Å². The molecule has 0 saturated heterocycles. The number of hydrogen-bond acceptors (Lipinski definition) is 2. The van der Waals surface area contributed by atoms with Crippen molar-refractivity contribution in [1.29, 1.82) is 0 Å². The summed E-state index contributed by atoms with van der Waals surface area (Å²) in [6.45, 7) is 0.952. The fourth-order valence-electron chi connectivity index (χ4n) is 2.44. The second-order valence-corrected chi connectivity index (χ2v) is 5.45. The van der Waals surface area contributed by atoms with Crippen LogP contribution in [0.2, 0.25) is 0 Å². The summed E-state index contributed by atoms with van der Waals surface area (Å²) in [4.78, 5) is 0. The Balaban J connectivity index is 1.68. The minimum atomic E-state index is 0.101. The molecule has 3 nitrogen and oxygen atoms in total. The van der Waals surface area contributed by atoms with E-state index in [2.05, 4.69) is 35.2 Å². The summed E-state index contributed by atoms with van der Waals surface area (Å²) in [6, 6.07) is 10.4. The number of aromatic nitrogens is 1. The van der Waals surface area contributed by atoms with Gasteiger partial charge in [-0.15, -0.1) is 0 Å². The first-order chi connectivity index (χ1) is 9.26. The summed E-state index contributed by atoms with van der Waals surface area (Å²) < 4.78 is 2.17. The number of rotatable bonds is 5. The maximum atomic E-state index is 9.02. The monoisotopic (exact) mass is 256 g/mol. The molecule has 1 heterocycles. The highest BCUT2D eigenvalue weighted by molar-refractivity contribution is 5.24. The van der Waals surface area contributed by atoms with Gasteiger partial charge in [-0.05, 0) is 41.5 Å². The van der Waals surface area contributed by atoms with E-state index < -0.39 is 0 Å². The van der Waals surface area contributed by atoms with Gasteiger partial charge in [0.05, 0.1) is 6.61 Å². The normalized spacial score (nSPS) is 16.5. The molecule has 1 saturated carbocycles. The van der Waals surface area contributed by atoms with Crippen molar-refractivity contribution in [3.05, 3.63) is 59.4 Å². The Hall–Kier alpha value is -1.58. The highest BCUT2D eigenvalue weighted by Gasteiger charge is 2.29. The van der Waals surface area contributed by atoms with Crippen molar-refractivity contribution in [2.24, 2.45) is 11.7 Å². The molecule has 0 radical (unpaired) electrons. The van der Waals surface area contributed by atoms with E-state index in [9.17, 15) is 0 Å². The molecule has 3 heteroatoms. The third-order valence-corrected chi connectivity index (χ3v) is 3.86. The van der Waals surface area contributed by atoms with E-state index in [0.717, 1.165) is 12.1 Å². The Morgan fingerprint density at radius 2 is 1.84 bits per heavy atom. The molecule has 1 aromatic carbocycles.